The molecular weight excluding hydrogens is 500 g/mol. The van der Waals surface area contributed by atoms with E-state index in [0.29, 0.717) is 22.8 Å². The van der Waals surface area contributed by atoms with Gasteiger partial charge in [0.15, 0.2) is 0 Å². The minimum atomic E-state index is -4.62. The lowest BCUT2D eigenvalue weighted by Gasteiger charge is -2.24. The Morgan fingerprint density at radius 1 is 1.05 bits per heavy atom. The highest BCUT2D eigenvalue weighted by Crippen LogP contribution is 2.35. The molecule has 1 aliphatic heterocycles. The van der Waals surface area contributed by atoms with Crippen LogP contribution in [0.2, 0.25) is 0 Å². The topological polar surface area (TPSA) is 82.2 Å². The summed E-state index contributed by atoms with van der Waals surface area (Å²) in [6, 6.07) is 6.91. The van der Waals surface area contributed by atoms with Crippen LogP contribution in [0.3, 0.4) is 0 Å². The van der Waals surface area contributed by atoms with Crippen molar-refractivity contribution in [2.24, 2.45) is 0 Å². The van der Waals surface area contributed by atoms with Gasteiger partial charge in [0.25, 0.3) is 5.91 Å². The predicted molar refractivity (Wildman–Crippen MR) is 137 cm³/mol. The molecule has 1 amide bonds. The lowest BCUT2D eigenvalue weighted by Crippen LogP contribution is -2.34. The molecule has 7 nitrogen and oxygen atoms in total. The second-order valence-electron chi connectivity index (χ2n) is 8.96. The number of carbonyl (C=O) groups is 1. The molecule has 1 fully saturated rings. The van der Waals surface area contributed by atoms with Crippen LogP contribution in [0, 0.1) is 17.7 Å². The summed E-state index contributed by atoms with van der Waals surface area (Å²) in [4.78, 5) is 23.3. The Hall–Kier alpha value is -4.17. The Kier molecular flexibility index (Phi) is 7.83. The van der Waals surface area contributed by atoms with Crippen molar-refractivity contribution in [1.29, 1.82) is 0 Å². The van der Waals surface area contributed by atoms with E-state index in [9.17, 15) is 22.4 Å². The maximum atomic E-state index is 14.6. The standard InChI is InChI=1S/C27H26F4N6O/c1-16-22(10-11-37(16)3)35-23-9-7-19(27(29,30)31)13-24(23)36-25(38)20-12-17(6-8-21(20)28)4-5-18-14-33-26(32-2)34-15-18/h6-9,12-16,22,35H,10-11H2,1-3H3,(H,36,38)(H,32,33,34)/t16?,22-/m1/s1. The molecular formula is C27H26F4N6O. The molecule has 0 bridgehead atoms. The van der Waals surface area contributed by atoms with Gasteiger partial charge in [-0.25, -0.2) is 14.4 Å². The highest BCUT2D eigenvalue weighted by molar-refractivity contribution is 6.06. The number of alkyl halides is 3. The second-order valence-corrected chi connectivity index (χ2v) is 8.96. The van der Waals surface area contributed by atoms with Crippen molar-refractivity contribution in [2.75, 3.05) is 36.6 Å². The van der Waals surface area contributed by atoms with E-state index < -0.39 is 23.5 Å². The molecule has 1 aromatic heterocycles. The van der Waals surface area contributed by atoms with Gasteiger partial charge in [0, 0.05) is 43.6 Å². The highest BCUT2D eigenvalue weighted by atomic mass is 19.4. The van der Waals surface area contributed by atoms with E-state index in [1.807, 2.05) is 14.0 Å². The molecule has 2 aromatic carbocycles. The van der Waals surface area contributed by atoms with Gasteiger partial charge in [-0.15, -0.1) is 0 Å². The minimum absolute atomic E-state index is 0.0334. The van der Waals surface area contributed by atoms with Crippen LogP contribution in [-0.4, -0.2) is 53.5 Å². The molecule has 0 spiro atoms. The van der Waals surface area contributed by atoms with Crippen LogP contribution in [0.5, 0.6) is 0 Å². The summed E-state index contributed by atoms with van der Waals surface area (Å²) in [6.45, 7) is 2.84. The SMILES string of the molecule is CNc1ncc(C#Cc2ccc(F)c(C(=O)Nc3cc(C(F)(F)F)ccc3N[C@@H]3CCN(C)C3C)c2)cn1. The number of benzene rings is 2. The Bertz CT molecular complexity index is 1380. The number of likely N-dealkylation sites (N-methyl/N-ethyl adjacent to an activating group) is 1. The number of hydrogen-bond donors (Lipinski definition) is 3. The predicted octanol–water partition coefficient (Wildman–Crippen LogP) is 4.83. The van der Waals surface area contributed by atoms with E-state index in [1.54, 1.807) is 7.05 Å². The fourth-order valence-electron chi connectivity index (χ4n) is 4.07. The average molecular weight is 527 g/mol. The van der Waals surface area contributed by atoms with Gasteiger partial charge in [-0.3, -0.25) is 4.79 Å². The van der Waals surface area contributed by atoms with E-state index in [1.165, 1.54) is 30.6 Å². The van der Waals surface area contributed by atoms with Gasteiger partial charge in [-0.1, -0.05) is 11.8 Å². The first kappa shape index (κ1) is 26.9. The lowest BCUT2D eigenvalue weighted by molar-refractivity contribution is -0.137. The van der Waals surface area contributed by atoms with E-state index in [0.717, 1.165) is 31.2 Å². The largest absolute Gasteiger partial charge is 0.416 e. The molecule has 0 radical (unpaired) electrons. The zero-order chi connectivity index (χ0) is 27.4. The molecule has 3 aromatic rings. The molecule has 0 saturated carbocycles. The van der Waals surface area contributed by atoms with Crippen molar-refractivity contribution in [2.45, 2.75) is 31.6 Å². The third-order valence-electron chi connectivity index (χ3n) is 6.44. The molecule has 1 unspecified atom stereocenters. The van der Waals surface area contributed by atoms with E-state index in [-0.39, 0.29) is 23.3 Å². The van der Waals surface area contributed by atoms with Crippen LogP contribution in [0.1, 0.15) is 40.4 Å². The zero-order valence-electron chi connectivity index (χ0n) is 20.9. The summed E-state index contributed by atoms with van der Waals surface area (Å²) in [5.41, 5.74) is -0.216. The minimum Gasteiger partial charge on any atom is -0.379 e. The summed E-state index contributed by atoms with van der Waals surface area (Å²) in [7, 11) is 3.64. The number of carbonyl (C=O) groups excluding carboxylic acids is 1. The Morgan fingerprint density at radius 2 is 1.76 bits per heavy atom. The number of rotatable bonds is 5. The fourth-order valence-corrected chi connectivity index (χ4v) is 4.07. The van der Waals surface area contributed by atoms with Crippen molar-refractivity contribution in [3.05, 3.63) is 76.9 Å². The number of nitrogens with zero attached hydrogens (tertiary/aromatic N) is 3. The normalized spacial score (nSPS) is 17.4. The molecule has 0 aliphatic carbocycles. The van der Waals surface area contributed by atoms with Crippen LogP contribution in [0.15, 0.2) is 48.8 Å². The number of halogens is 4. The van der Waals surface area contributed by atoms with Gasteiger partial charge >= 0.3 is 6.18 Å². The third kappa shape index (κ3) is 6.20. The molecule has 198 valence electrons. The van der Waals surface area contributed by atoms with Crippen molar-refractivity contribution >= 4 is 23.2 Å². The van der Waals surface area contributed by atoms with Crippen LogP contribution < -0.4 is 16.0 Å². The molecule has 4 rings (SSSR count). The third-order valence-corrected chi connectivity index (χ3v) is 6.44. The summed E-state index contributed by atoms with van der Waals surface area (Å²) in [5.74, 6) is 4.35. The van der Waals surface area contributed by atoms with Crippen LogP contribution >= 0.6 is 0 Å². The molecule has 1 aliphatic rings. The molecule has 2 heterocycles. The van der Waals surface area contributed by atoms with Crippen molar-refractivity contribution in [3.63, 3.8) is 0 Å². The van der Waals surface area contributed by atoms with Gasteiger partial charge in [0.1, 0.15) is 5.82 Å². The summed E-state index contributed by atoms with van der Waals surface area (Å²) in [5, 5.41) is 8.49. The van der Waals surface area contributed by atoms with Gasteiger partial charge in [0.2, 0.25) is 5.95 Å². The van der Waals surface area contributed by atoms with Gasteiger partial charge in [-0.05, 0) is 56.8 Å². The first-order chi connectivity index (χ1) is 18.0. The number of hydrogen-bond acceptors (Lipinski definition) is 6. The average Bonchev–Trinajstić information content (AvgIpc) is 3.21. The zero-order valence-corrected chi connectivity index (χ0v) is 20.9. The smallest absolute Gasteiger partial charge is 0.379 e. The van der Waals surface area contributed by atoms with Crippen LogP contribution in [0.4, 0.5) is 34.9 Å². The van der Waals surface area contributed by atoms with Gasteiger partial charge in [0.05, 0.1) is 28.1 Å². The fraction of sp³-hybridized carbons (Fsp3) is 0.296. The Balaban J connectivity index is 1.60. The van der Waals surface area contributed by atoms with Crippen molar-refractivity contribution in [1.82, 2.24) is 14.9 Å². The van der Waals surface area contributed by atoms with Gasteiger partial charge < -0.3 is 20.9 Å². The second kappa shape index (κ2) is 11.1. The summed E-state index contributed by atoms with van der Waals surface area (Å²) < 4.78 is 54.9. The van der Waals surface area contributed by atoms with Crippen LogP contribution in [-0.2, 0) is 6.18 Å². The molecule has 2 atom stereocenters. The molecule has 1 saturated heterocycles. The summed E-state index contributed by atoms with van der Waals surface area (Å²) in [6.07, 6.45) is -0.818. The monoisotopic (exact) mass is 526 g/mol. The van der Waals surface area contributed by atoms with Crippen LogP contribution in [0.25, 0.3) is 0 Å². The summed E-state index contributed by atoms with van der Waals surface area (Å²) >= 11 is 0. The quantitative estimate of drug-likeness (QED) is 0.326. The molecule has 11 heteroatoms. The van der Waals surface area contributed by atoms with Crippen molar-refractivity contribution < 1.29 is 22.4 Å². The van der Waals surface area contributed by atoms with E-state index >= 15 is 0 Å². The molecule has 38 heavy (non-hydrogen) atoms. The van der Waals surface area contributed by atoms with E-state index in [2.05, 4.69) is 42.7 Å². The maximum absolute atomic E-state index is 14.6. The first-order valence-corrected chi connectivity index (χ1v) is 11.9. The first-order valence-electron chi connectivity index (χ1n) is 11.9. The number of anilines is 3. The number of nitrogens with one attached hydrogen (secondary N) is 3. The number of aromatic nitrogens is 2. The molecule has 3 N–H and O–H groups in total. The van der Waals surface area contributed by atoms with E-state index in [4.69, 9.17) is 0 Å². The van der Waals surface area contributed by atoms with Gasteiger partial charge in [-0.2, -0.15) is 13.2 Å². The number of likely N-dealkylation sites (tertiary alicyclic amines) is 1. The Morgan fingerprint density at radius 3 is 2.39 bits per heavy atom. The van der Waals surface area contributed by atoms with Crippen molar-refractivity contribution in [3.8, 4) is 11.8 Å². The maximum Gasteiger partial charge on any atom is 0.416 e. The highest BCUT2D eigenvalue weighted by Gasteiger charge is 2.33. The number of amides is 1. The Labute approximate surface area is 217 Å². The lowest BCUT2D eigenvalue weighted by atomic mass is 10.1.